The third kappa shape index (κ3) is 11.2. The smallest absolute Gasteiger partial charge is 0.453 e. The SMILES string of the molecule is CCC(CNC(=O)OC)C(=O)N1CCCC(C)C1.FC(F)(F)Oc1ccccc1.S. The van der Waals surface area contributed by atoms with Gasteiger partial charge in [0.1, 0.15) is 5.75 Å². The van der Waals surface area contributed by atoms with Crippen LogP contribution in [0.25, 0.3) is 0 Å². The molecule has 1 aliphatic heterocycles. The van der Waals surface area contributed by atoms with Crippen molar-refractivity contribution >= 4 is 25.5 Å². The van der Waals surface area contributed by atoms with E-state index in [1.807, 2.05) is 11.8 Å². The largest absolute Gasteiger partial charge is 0.573 e. The number of alkyl carbamates (subject to hydrolysis) is 1. The molecule has 1 N–H and O–H groups in total. The third-order valence-electron chi connectivity index (χ3n) is 4.47. The molecule has 0 spiro atoms. The lowest BCUT2D eigenvalue weighted by atomic mass is 9.97. The van der Waals surface area contributed by atoms with Gasteiger partial charge >= 0.3 is 12.5 Å². The predicted molar refractivity (Wildman–Crippen MR) is 113 cm³/mol. The van der Waals surface area contributed by atoms with Gasteiger partial charge in [-0.1, -0.05) is 32.0 Å². The van der Waals surface area contributed by atoms with Gasteiger partial charge in [-0.25, -0.2) is 4.79 Å². The first-order valence-electron chi connectivity index (χ1n) is 9.57. The van der Waals surface area contributed by atoms with Gasteiger partial charge in [0.2, 0.25) is 5.91 Å². The summed E-state index contributed by atoms with van der Waals surface area (Å²) in [5, 5.41) is 2.61. The number of nitrogens with one attached hydrogen (secondary N) is 1. The van der Waals surface area contributed by atoms with Crippen molar-refractivity contribution in [3.63, 3.8) is 0 Å². The van der Waals surface area contributed by atoms with E-state index >= 15 is 0 Å². The maximum Gasteiger partial charge on any atom is 0.573 e. The molecule has 0 saturated carbocycles. The maximum absolute atomic E-state index is 12.3. The zero-order valence-corrected chi connectivity index (χ0v) is 18.5. The number of alkyl halides is 3. The average molecular weight is 453 g/mol. The molecular formula is C20H31F3N2O4S. The number of benzene rings is 1. The van der Waals surface area contributed by atoms with Crippen molar-refractivity contribution in [1.29, 1.82) is 0 Å². The summed E-state index contributed by atoms with van der Waals surface area (Å²) in [7, 11) is 1.32. The second kappa shape index (κ2) is 14.0. The molecule has 6 nitrogen and oxygen atoms in total. The first-order valence-corrected chi connectivity index (χ1v) is 9.57. The van der Waals surface area contributed by atoms with Gasteiger partial charge in [-0.3, -0.25) is 4.79 Å². The van der Waals surface area contributed by atoms with Gasteiger partial charge in [-0.2, -0.15) is 13.5 Å². The summed E-state index contributed by atoms with van der Waals surface area (Å²) < 4.78 is 42.7. The zero-order chi connectivity index (χ0) is 21.9. The van der Waals surface area contributed by atoms with Crippen molar-refractivity contribution in [3.8, 4) is 5.75 Å². The lowest BCUT2D eigenvalue weighted by Crippen LogP contribution is -2.45. The van der Waals surface area contributed by atoms with Crippen LogP contribution in [-0.4, -0.2) is 50.0 Å². The Hall–Kier alpha value is -2.10. The molecule has 172 valence electrons. The highest BCUT2D eigenvalue weighted by Crippen LogP contribution is 2.21. The Kier molecular flexibility index (Phi) is 13.0. The van der Waals surface area contributed by atoms with Crippen LogP contribution in [0.2, 0.25) is 0 Å². The summed E-state index contributed by atoms with van der Waals surface area (Å²) in [5.74, 6) is 0.392. The molecule has 10 heteroatoms. The Bertz CT molecular complexity index is 632. The normalized spacial score (nSPS) is 16.9. The van der Waals surface area contributed by atoms with E-state index in [9.17, 15) is 22.8 Å². The fourth-order valence-electron chi connectivity index (χ4n) is 2.95. The molecule has 0 aliphatic carbocycles. The molecule has 1 aromatic rings. The fraction of sp³-hybridized carbons (Fsp3) is 0.600. The summed E-state index contributed by atoms with van der Waals surface area (Å²) >= 11 is 0. The highest BCUT2D eigenvalue weighted by Gasteiger charge is 2.30. The highest BCUT2D eigenvalue weighted by atomic mass is 32.1. The maximum atomic E-state index is 12.3. The van der Waals surface area contributed by atoms with Gasteiger partial charge in [0.25, 0.3) is 0 Å². The Morgan fingerprint density at radius 2 is 1.90 bits per heavy atom. The van der Waals surface area contributed by atoms with Crippen molar-refractivity contribution in [1.82, 2.24) is 10.2 Å². The highest BCUT2D eigenvalue weighted by molar-refractivity contribution is 7.59. The molecule has 2 rings (SSSR count). The van der Waals surface area contributed by atoms with Crippen LogP contribution in [0.1, 0.15) is 33.1 Å². The summed E-state index contributed by atoms with van der Waals surface area (Å²) in [6.45, 7) is 6.18. The Morgan fingerprint density at radius 1 is 1.27 bits per heavy atom. The number of ether oxygens (including phenoxy) is 2. The van der Waals surface area contributed by atoms with E-state index in [0.29, 0.717) is 12.5 Å². The van der Waals surface area contributed by atoms with Crippen molar-refractivity contribution in [2.75, 3.05) is 26.7 Å². The minimum Gasteiger partial charge on any atom is -0.453 e. The van der Waals surface area contributed by atoms with Gasteiger partial charge in [-0.15, -0.1) is 13.2 Å². The lowest BCUT2D eigenvalue weighted by Gasteiger charge is -2.33. The van der Waals surface area contributed by atoms with Gasteiger partial charge in [0.15, 0.2) is 0 Å². The first-order chi connectivity index (χ1) is 13.7. The number of nitrogens with zero attached hydrogens (tertiary/aromatic N) is 1. The third-order valence-corrected chi connectivity index (χ3v) is 4.47. The van der Waals surface area contributed by atoms with Crippen molar-refractivity contribution < 1.29 is 32.2 Å². The Morgan fingerprint density at radius 3 is 2.40 bits per heavy atom. The molecule has 0 radical (unpaired) electrons. The zero-order valence-electron chi connectivity index (χ0n) is 17.5. The van der Waals surface area contributed by atoms with Crippen LogP contribution >= 0.6 is 13.5 Å². The number of piperidine rings is 1. The molecule has 30 heavy (non-hydrogen) atoms. The van der Waals surface area contributed by atoms with Crippen molar-refractivity contribution in [3.05, 3.63) is 30.3 Å². The first kappa shape index (κ1) is 27.9. The van der Waals surface area contributed by atoms with E-state index in [1.165, 1.54) is 37.8 Å². The van der Waals surface area contributed by atoms with E-state index < -0.39 is 12.5 Å². The van der Waals surface area contributed by atoms with Gasteiger partial charge in [-0.05, 0) is 37.3 Å². The number of rotatable bonds is 5. The van der Waals surface area contributed by atoms with Crippen LogP contribution in [0.5, 0.6) is 5.75 Å². The van der Waals surface area contributed by atoms with E-state index in [1.54, 1.807) is 6.07 Å². The molecule has 2 atom stereocenters. The molecule has 2 amide bonds. The summed E-state index contributed by atoms with van der Waals surface area (Å²) in [5.41, 5.74) is 0. The molecule has 1 saturated heterocycles. The number of carbonyl (C=O) groups excluding carboxylic acids is 2. The van der Waals surface area contributed by atoms with Gasteiger partial charge in [0, 0.05) is 19.6 Å². The molecule has 2 unspecified atom stereocenters. The van der Waals surface area contributed by atoms with Crippen molar-refractivity contribution in [2.24, 2.45) is 11.8 Å². The van der Waals surface area contributed by atoms with E-state index in [2.05, 4.69) is 21.7 Å². The second-order valence-corrected chi connectivity index (χ2v) is 6.87. The molecular weight excluding hydrogens is 421 g/mol. The van der Waals surface area contributed by atoms with E-state index in [0.717, 1.165) is 25.9 Å². The molecule has 1 aliphatic rings. The monoisotopic (exact) mass is 452 g/mol. The van der Waals surface area contributed by atoms with Crippen LogP contribution in [0, 0.1) is 11.8 Å². The fourth-order valence-corrected chi connectivity index (χ4v) is 2.95. The standard InChI is InChI=1S/C13H24N2O3.C7H5F3O.H2S/c1-4-11(8-14-13(17)18-3)12(16)15-7-5-6-10(2)9-15;8-7(9,10)11-6-4-2-1-3-5-6;/h10-11H,4-9H2,1-3H3,(H,14,17);1-5H;1H2. The number of hydrogen-bond donors (Lipinski definition) is 1. The number of para-hydroxylation sites is 1. The molecule has 0 bridgehead atoms. The minimum atomic E-state index is -4.60. The molecule has 0 aromatic heterocycles. The number of likely N-dealkylation sites (tertiary alicyclic amines) is 1. The number of methoxy groups -OCH3 is 1. The summed E-state index contributed by atoms with van der Waals surface area (Å²) in [4.78, 5) is 25.3. The van der Waals surface area contributed by atoms with E-state index in [-0.39, 0.29) is 31.1 Å². The molecule has 1 heterocycles. The second-order valence-electron chi connectivity index (χ2n) is 6.87. The molecule has 1 aromatic carbocycles. The molecule has 1 fully saturated rings. The predicted octanol–water partition coefficient (Wildman–Crippen LogP) is 4.33. The topological polar surface area (TPSA) is 67.9 Å². The van der Waals surface area contributed by atoms with E-state index in [4.69, 9.17) is 0 Å². The Labute approximate surface area is 182 Å². The summed E-state index contributed by atoms with van der Waals surface area (Å²) in [6.07, 6.45) is -2.07. The minimum absolute atomic E-state index is 0. The summed E-state index contributed by atoms with van der Waals surface area (Å²) in [6, 6.07) is 7.05. The number of hydrogen-bond acceptors (Lipinski definition) is 4. The van der Waals surface area contributed by atoms with Gasteiger partial charge < -0.3 is 19.7 Å². The lowest BCUT2D eigenvalue weighted by molar-refractivity contribution is -0.274. The van der Waals surface area contributed by atoms with Crippen LogP contribution < -0.4 is 10.1 Å². The van der Waals surface area contributed by atoms with Crippen molar-refractivity contribution in [2.45, 2.75) is 39.5 Å². The van der Waals surface area contributed by atoms with Crippen LogP contribution in [0.4, 0.5) is 18.0 Å². The quantitative estimate of drug-likeness (QED) is 0.722. The number of halogens is 3. The van der Waals surface area contributed by atoms with Gasteiger partial charge in [0.05, 0.1) is 13.0 Å². The average Bonchev–Trinajstić information content (AvgIpc) is 2.68. The number of amides is 2. The number of carbonyl (C=O) groups is 2. The van der Waals surface area contributed by atoms with Crippen LogP contribution in [0.3, 0.4) is 0 Å². The Balaban J connectivity index is 0.000000603. The van der Waals surface area contributed by atoms with Crippen LogP contribution in [-0.2, 0) is 9.53 Å². The van der Waals surface area contributed by atoms with Crippen LogP contribution in [0.15, 0.2) is 30.3 Å².